The summed E-state index contributed by atoms with van der Waals surface area (Å²) in [5.74, 6) is -1.21. The van der Waals surface area contributed by atoms with E-state index < -0.39 is 11.7 Å². The number of hydrogen-bond acceptors (Lipinski definition) is 4. The van der Waals surface area contributed by atoms with Crippen LogP contribution in [0.1, 0.15) is 15.9 Å². The number of aromatic hydroxyl groups is 2. The monoisotopic (exact) mass is 272 g/mol. The van der Waals surface area contributed by atoms with Crippen LogP contribution in [0.4, 0.5) is 5.69 Å². The smallest absolute Gasteiger partial charge is 0.259 e. The number of carbonyl (C=O) groups is 1. The second-order valence-corrected chi connectivity index (χ2v) is 4.31. The Hall–Kier alpha value is -2.53. The number of carbonyl (C=O) groups excluding carboxylic acids is 1. The minimum atomic E-state index is -0.470. The van der Waals surface area contributed by atoms with Crippen LogP contribution in [0.15, 0.2) is 42.5 Å². The predicted molar refractivity (Wildman–Crippen MR) is 76.9 cm³/mol. The molecule has 0 spiro atoms. The van der Waals surface area contributed by atoms with Gasteiger partial charge in [0, 0.05) is 12.2 Å². The Morgan fingerprint density at radius 1 is 1.10 bits per heavy atom. The van der Waals surface area contributed by atoms with E-state index in [0.717, 1.165) is 5.56 Å². The van der Waals surface area contributed by atoms with Gasteiger partial charge in [0.2, 0.25) is 0 Å². The number of benzene rings is 2. The average molecular weight is 272 g/mol. The van der Waals surface area contributed by atoms with Crippen LogP contribution >= 0.6 is 0 Å². The summed E-state index contributed by atoms with van der Waals surface area (Å²) in [6.45, 7) is 0.614. The van der Waals surface area contributed by atoms with Crippen molar-refractivity contribution in [3.05, 3.63) is 53.6 Å². The molecule has 0 aromatic heterocycles. The molecule has 104 valence electrons. The van der Waals surface area contributed by atoms with Crippen LogP contribution in [0.3, 0.4) is 0 Å². The predicted octanol–water partition coefficient (Wildman–Crippen LogP) is 2.07. The van der Waals surface area contributed by atoms with Gasteiger partial charge < -0.3 is 20.8 Å². The highest BCUT2D eigenvalue weighted by atomic mass is 16.3. The molecule has 0 saturated carbocycles. The lowest BCUT2D eigenvalue weighted by atomic mass is 10.1. The van der Waals surface area contributed by atoms with Crippen LogP contribution in [0.25, 0.3) is 0 Å². The van der Waals surface area contributed by atoms with Gasteiger partial charge in [-0.3, -0.25) is 4.79 Å². The van der Waals surface area contributed by atoms with E-state index in [9.17, 15) is 15.0 Å². The zero-order chi connectivity index (χ0) is 14.5. The molecule has 0 aliphatic heterocycles. The highest BCUT2D eigenvalue weighted by Crippen LogP contribution is 2.29. The molecule has 0 heterocycles. The summed E-state index contributed by atoms with van der Waals surface area (Å²) < 4.78 is 0. The van der Waals surface area contributed by atoms with Crippen molar-refractivity contribution in [1.29, 1.82) is 0 Å². The Labute approximate surface area is 116 Å². The molecule has 0 fully saturated rings. The summed E-state index contributed by atoms with van der Waals surface area (Å²) in [5.41, 5.74) is 1.63. The lowest BCUT2D eigenvalue weighted by Crippen LogP contribution is -2.15. The molecule has 5 nitrogen and oxygen atoms in total. The molecule has 1 amide bonds. The second-order valence-electron chi connectivity index (χ2n) is 4.31. The van der Waals surface area contributed by atoms with Gasteiger partial charge in [-0.05, 0) is 30.8 Å². The summed E-state index contributed by atoms with van der Waals surface area (Å²) in [5, 5.41) is 24.9. The minimum Gasteiger partial charge on any atom is -0.504 e. The summed E-state index contributed by atoms with van der Waals surface area (Å²) in [6.07, 6.45) is 0. The van der Waals surface area contributed by atoms with Crippen LogP contribution < -0.4 is 10.6 Å². The van der Waals surface area contributed by atoms with Crippen molar-refractivity contribution in [1.82, 2.24) is 5.32 Å². The van der Waals surface area contributed by atoms with Gasteiger partial charge in [-0.1, -0.05) is 24.3 Å². The van der Waals surface area contributed by atoms with E-state index in [2.05, 4.69) is 10.6 Å². The van der Waals surface area contributed by atoms with Gasteiger partial charge in [0.25, 0.3) is 5.91 Å². The molecule has 20 heavy (non-hydrogen) atoms. The van der Waals surface area contributed by atoms with Gasteiger partial charge in [0.15, 0.2) is 11.5 Å². The third-order valence-corrected chi connectivity index (χ3v) is 2.89. The number of phenols is 2. The number of nitrogens with one attached hydrogen (secondary N) is 2. The van der Waals surface area contributed by atoms with Gasteiger partial charge in [-0.15, -0.1) is 0 Å². The van der Waals surface area contributed by atoms with Crippen molar-refractivity contribution in [2.24, 2.45) is 0 Å². The van der Waals surface area contributed by atoms with E-state index in [4.69, 9.17) is 0 Å². The van der Waals surface area contributed by atoms with E-state index in [0.29, 0.717) is 12.2 Å². The number of rotatable bonds is 4. The van der Waals surface area contributed by atoms with Crippen LogP contribution in [-0.4, -0.2) is 23.2 Å². The number of para-hydroxylation sites is 2. The van der Waals surface area contributed by atoms with E-state index in [1.165, 1.54) is 18.2 Å². The minimum absolute atomic E-state index is 0.0317. The Bertz CT molecular complexity index is 626. The van der Waals surface area contributed by atoms with Crippen molar-refractivity contribution >= 4 is 11.6 Å². The number of amides is 1. The second kappa shape index (κ2) is 6.08. The standard InChI is InChI=1S/C15H16N2O3/c1-16-9-10-5-2-3-7-12(10)17-15(20)11-6-4-8-13(18)14(11)19/h2-8,16,18-19H,9H2,1H3,(H,17,20). The third-order valence-electron chi connectivity index (χ3n) is 2.89. The van der Waals surface area contributed by atoms with Crippen molar-refractivity contribution in [3.8, 4) is 11.5 Å². The van der Waals surface area contributed by atoms with Gasteiger partial charge >= 0.3 is 0 Å². The maximum absolute atomic E-state index is 12.1. The van der Waals surface area contributed by atoms with E-state index in [1.54, 1.807) is 6.07 Å². The zero-order valence-corrected chi connectivity index (χ0v) is 11.1. The molecular formula is C15H16N2O3. The molecule has 0 saturated heterocycles. The molecule has 0 bridgehead atoms. The lowest BCUT2D eigenvalue weighted by Gasteiger charge is -2.11. The summed E-state index contributed by atoms with van der Waals surface area (Å²) in [6, 6.07) is 11.7. The fourth-order valence-corrected chi connectivity index (χ4v) is 1.89. The van der Waals surface area contributed by atoms with Crippen molar-refractivity contribution in [2.45, 2.75) is 6.54 Å². The molecule has 2 aromatic carbocycles. The Kier molecular flexibility index (Phi) is 4.22. The topological polar surface area (TPSA) is 81.6 Å². The highest BCUT2D eigenvalue weighted by molar-refractivity contribution is 6.06. The molecule has 0 aliphatic carbocycles. The first-order valence-electron chi connectivity index (χ1n) is 6.18. The van der Waals surface area contributed by atoms with Crippen LogP contribution in [0.5, 0.6) is 11.5 Å². The SMILES string of the molecule is CNCc1ccccc1NC(=O)c1cccc(O)c1O. The van der Waals surface area contributed by atoms with Crippen molar-refractivity contribution < 1.29 is 15.0 Å². The third kappa shape index (κ3) is 2.89. The van der Waals surface area contributed by atoms with E-state index in [1.807, 2.05) is 25.2 Å². The van der Waals surface area contributed by atoms with Gasteiger partial charge in [-0.25, -0.2) is 0 Å². The molecule has 0 unspecified atom stereocenters. The van der Waals surface area contributed by atoms with E-state index in [-0.39, 0.29) is 11.3 Å². The largest absolute Gasteiger partial charge is 0.504 e. The molecule has 5 heteroatoms. The summed E-state index contributed by atoms with van der Waals surface area (Å²) >= 11 is 0. The molecule has 2 rings (SSSR count). The number of hydrogen-bond donors (Lipinski definition) is 4. The Morgan fingerprint density at radius 2 is 1.85 bits per heavy atom. The summed E-state index contributed by atoms with van der Waals surface area (Å²) in [4.78, 5) is 12.1. The van der Waals surface area contributed by atoms with Crippen LogP contribution in [0, 0.1) is 0 Å². The number of phenolic OH excluding ortho intramolecular Hbond substituents is 2. The van der Waals surface area contributed by atoms with E-state index >= 15 is 0 Å². The Morgan fingerprint density at radius 3 is 2.60 bits per heavy atom. The van der Waals surface area contributed by atoms with Gasteiger partial charge in [0.1, 0.15) is 0 Å². The van der Waals surface area contributed by atoms with Crippen molar-refractivity contribution in [3.63, 3.8) is 0 Å². The molecule has 0 atom stereocenters. The zero-order valence-electron chi connectivity index (χ0n) is 11.1. The van der Waals surface area contributed by atoms with Crippen LogP contribution in [0.2, 0.25) is 0 Å². The number of anilines is 1. The van der Waals surface area contributed by atoms with Gasteiger partial charge in [0.05, 0.1) is 5.56 Å². The van der Waals surface area contributed by atoms with Gasteiger partial charge in [-0.2, -0.15) is 0 Å². The molecule has 4 N–H and O–H groups in total. The molecule has 0 aliphatic rings. The highest BCUT2D eigenvalue weighted by Gasteiger charge is 2.15. The first-order chi connectivity index (χ1) is 9.63. The maximum atomic E-state index is 12.1. The first-order valence-corrected chi connectivity index (χ1v) is 6.18. The van der Waals surface area contributed by atoms with Crippen molar-refractivity contribution in [2.75, 3.05) is 12.4 Å². The molecule has 2 aromatic rings. The molecular weight excluding hydrogens is 256 g/mol. The first kappa shape index (κ1) is 13.9. The fraction of sp³-hybridized carbons (Fsp3) is 0.133. The normalized spacial score (nSPS) is 10.2. The Balaban J connectivity index is 2.26. The fourth-order valence-electron chi connectivity index (χ4n) is 1.89. The quantitative estimate of drug-likeness (QED) is 0.642. The molecule has 0 radical (unpaired) electrons. The average Bonchev–Trinajstić information content (AvgIpc) is 2.44. The lowest BCUT2D eigenvalue weighted by molar-refractivity contribution is 0.102. The summed E-state index contributed by atoms with van der Waals surface area (Å²) in [7, 11) is 1.82. The van der Waals surface area contributed by atoms with Crippen LogP contribution in [-0.2, 0) is 6.54 Å². The maximum Gasteiger partial charge on any atom is 0.259 e.